The molecule has 29 heavy (non-hydrogen) atoms. The van der Waals surface area contributed by atoms with Crippen LogP contribution in [0.15, 0.2) is 52.4 Å². The summed E-state index contributed by atoms with van der Waals surface area (Å²) in [5.74, 6) is -0.330. The Morgan fingerprint density at radius 3 is 2.79 bits per heavy atom. The minimum absolute atomic E-state index is 0.0340. The number of nitrogens with one attached hydrogen (secondary N) is 1. The standard InChI is InChI=1S/C20H17ClN2O5S/c1-27-16-10-12(6-7-15(16)28-9-8-18(24)25)11-17-19(26)23-20(29-17)22-14-5-3-2-4-13(14)21/h2-7,10-11H,8-9H2,1H3,(H,24,25)(H,22,23,26)/b17-11+. The fourth-order valence-electron chi connectivity index (χ4n) is 2.43. The fourth-order valence-corrected chi connectivity index (χ4v) is 3.44. The summed E-state index contributed by atoms with van der Waals surface area (Å²) in [6, 6.07) is 12.2. The van der Waals surface area contributed by atoms with Crippen LogP contribution in [0.5, 0.6) is 11.5 Å². The number of hydrogen-bond donors (Lipinski definition) is 2. The van der Waals surface area contributed by atoms with E-state index in [2.05, 4.69) is 10.3 Å². The molecule has 0 radical (unpaired) electrons. The van der Waals surface area contributed by atoms with Gasteiger partial charge in [0.15, 0.2) is 16.7 Å². The number of ether oxygens (including phenoxy) is 2. The van der Waals surface area contributed by atoms with Gasteiger partial charge in [0.1, 0.15) is 0 Å². The summed E-state index contributed by atoms with van der Waals surface area (Å²) in [5, 5.41) is 12.3. The molecule has 0 aromatic heterocycles. The predicted molar refractivity (Wildman–Crippen MR) is 113 cm³/mol. The first-order valence-corrected chi connectivity index (χ1v) is 9.72. The Labute approximate surface area is 176 Å². The summed E-state index contributed by atoms with van der Waals surface area (Å²) in [4.78, 5) is 27.7. The number of nitrogens with zero attached hydrogens (tertiary/aromatic N) is 1. The molecule has 3 rings (SSSR count). The number of aliphatic carboxylic acids is 1. The highest BCUT2D eigenvalue weighted by Gasteiger charge is 2.24. The molecule has 1 heterocycles. The van der Waals surface area contributed by atoms with Crippen molar-refractivity contribution >= 4 is 52.2 Å². The first-order chi connectivity index (χ1) is 14.0. The Kier molecular flexibility index (Phi) is 6.79. The van der Waals surface area contributed by atoms with Gasteiger partial charge in [-0.3, -0.25) is 9.59 Å². The molecule has 0 atom stereocenters. The second-order valence-electron chi connectivity index (χ2n) is 5.84. The topological polar surface area (TPSA) is 97.2 Å². The maximum absolute atomic E-state index is 12.3. The number of amides is 1. The molecular weight excluding hydrogens is 416 g/mol. The lowest BCUT2D eigenvalue weighted by Gasteiger charge is -2.10. The van der Waals surface area contributed by atoms with Gasteiger partial charge in [-0.15, -0.1) is 0 Å². The van der Waals surface area contributed by atoms with Gasteiger partial charge in [-0.2, -0.15) is 0 Å². The molecule has 1 aliphatic rings. The molecular formula is C20H17ClN2O5S. The van der Waals surface area contributed by atoms with Gasteiger partial charge >= 0.3 is 5.97 Å². The van der Waals surface area contributed by atoms with Crippen LogP contribution in [0.3, 0.4) is 0 Å². The largest absolute Gasteiger partial charge is 0.493 e. The van der Waals surface area contributed by atoms with Crippen molar-refractivity contribution in [3.63, 3.8) is 0 Å². The lowest BCUT2D eigenvalue weighted by atomic mass is 10.2. The van der Waals surface area contributed by atoms with Crippen molar-refractivity contribution in [2.75, 3.05) is 13.7 Å². The number of thioether (sulfide) groups is 1. The second kappa shape index (κ2) is 9.49. The van der Waals surface area contributed by atoms with Gasteiger partial charge in [0.25, 0.3) is 5.91 Å². The van der Waals surface area contributed by atoms with E-state index < -0.39 is 5.97 Å². The number of rotatable bonds is 7. The van der Waals surface area contributed by atoms with Crippen LogP contribution < -0.4 is 14.8 Å². The van der Waals surface area contributed by atoms with Crippen molar-refractivity contribution in [2.24, 2.45) is 4.99 Å². The van der Waals surface area contributed by atoms with Gasteiger partial charge < -0.3 is 19.9 Å². The Morgan fingerprint density at radius 2 is 2.07 bits per heavy atom. The quantitative estimate of drug-likeness (QED) is 0.639. The van der Waals surface area contributed by atoms with E-state index in [1.807, 2.05) is 6.07 Å². The Bertz CT molecular complexity index is 1010. The van der Waals surface area contributed by atoms with Gasteiger partial charge in [-0.25, -0.2) is 4.99 Å². The summed E-state index contributed by atoms with van der Waals surface area (Å²) in [6.07, 6.45) is 1.60. The van der Waals surface area contributed by atoms with Gasteiger partial charge in [0.2, 0.25) is 0 Å². The molecule has 9 heteroatoms. The molecule has 0 aliphatic carbocycles. The van der Waals surface area contributed by atoms with E-state index in [0.29, 0.717) is 32.3 Å². The van der Waals surface area contributed by atoms with Gasteiger partial charge in [-0.1, -0.05) is 29.8 Å². The summed E-state index contributed by atoms with van der Waals surface area (Å²) < 4.78 is 10.7. The van der Waals surface area contributed by atoms with Crippen molar-refractivity contribution in [2.45, 2.75) is 6.42 Å². The maximum atomic E-state index is 12.3. The minimum Gasteiger partial charge on any atom is -0.493 e. The molecule has 0 saturated carbocycles. The number of methoxy groups -OCH3 is 1. The number of carbonyl (C=O) groups is 2. The van der Waals surface area contributed by atoms with Crippen LogP contribution in [0, 0.1) is 0 Å². The molecule has 150 valence electrons. The van der Waals surface area contributed by atoms with Crippen LogP contribution in [0.25, 0.3) is 6.08 Å². The average molecular weight is 433 g/mol. The van der Waals surface area contributed by atoms with Crippen LogP contribution in [0.2, 0.25) is 5.02 Å². The number of halogens is 1. The number of benzene rings is 2. The molecule has 2 aromatic rings. The average Bonchev–Trinajstić information content (AvgIpc) is 3.03. The molecule has 2 N–H and O–H groups in total. The van der Waals surface area contributed by atoms with Crippen molar-refractivity contribution in [1.82, 2.24) is 5.32 Å². The number of carboxylic acids is 1. The predicted octanol–water partition coefficient (Wildman–Crippen LogP) is 4.09. The number of hydrogen-bond acceptors (Lipinski definition) is 6. The second-order valence-corrected chi connectivity index (χ2v) is 7.27. The van der Waals surface area contributed by atoms with Gasteiger partial charge in [0.05, 0.1) is 35.8 Å². The zero-order valence-corrected chi connectivity index (χ0v) is 16.9. The number of carboxylic acid groups (broad SMARTS) is 1. The van der Waals surface area contributed by atoms with Crippen LogP contribution in [-0.4, -0.2) is 35.9 Å². The molecule has 1 amide bonds. The monoisotopic (exact) mass is 432 g/mol. The summed E-state index contributed by atoms with van der Waals surface area (Å²) in [7, 11) is 1.49. The lowest BCUT2D eigenvalue weighted by Crippen LogP contribution is -2.19. The molecule has 0 unspecified atom stereocenters. The number of para-hydroxylation sites is 1. The molecule has 7 nitrogen and oxygen atoms in total. The van der Waals surface area contributed by atoms with Gasteiger partial charge in [0, 0.05) is 0 Å². The van der Waals surface area contributed by atoms with Crippen LogP contribution >= 0.6 is 23.4 Å². The Hall–Kier alpha value is -2.97. The van der Waals surface area contributed by atoms with Crippen LogP contribution in [0.4, 0.5) is 5.69 Å². The van der Waals surface area contributed by atoms with E-state index in [4.69, 9.17) is 26.2 Å². The molecule has 1 aliphatic heterocycles. The smallest absolute Gasteiger partial charge is 0.306 e. The van der Waals surface area contributed by atoms with E-state index in [9.17, 15) is 9.59 Å². The molecule has 1 saturated heterocycles. The third-order valence-corrected chi connectivity index (χ3v) is 5.01. The fraction of sp³-hybridized carbons (Fsp3) is 0.150. The van der Waals surface area contributed by atoms with Crippen molar-refractivity contribution < 1.29 is 24.2 Å². The van der Waals surface area contributed by atoms with E-state index in [1.165, 1.54) is 18.9 Å². The number of aliphatic imine (C=N–C) groups is 1. The van der Waals surface area contributed by atoms with Crippen molar-refractivity contribution in [3.05, 3.63) is 58.0 Å². The summed E-state index contributed by atoms with van der Waals surface area (Å²) in [5.41, 5.74) is 1.30. The van der Waals surface area contributed by atoms with E-state index >= 15 is 0 Å². The summed E-state index contributed by atoms with van der Waals surface area (Å²) in [6.45, 7) is 0.0340. The third kappa shape index (κ3) is 5.52. The molecule has 1 fully saturated rings. The Morgan fingerprint density at radius 1 is 1.28 bits per heavy atom. The molecule has 0 spiro atoms. The normalized spacial score (nSPS) is 16.1. The van der Waals surface area contributed by atoms with E-state index in [-0.39, 0.29) is 18.9 Å². The molecule has 0 bridgehead atoms. The first-order valence-electron chi connectivity index (χ1n) is 8.53. The highest BCUT2D eigenvalue weighted by molar-refractivity contribution is 8.18. The zero-order valence-electron chi connectivity index (χ0n) is 15.3. The maximum Gasteiger partial charge on any atom is 0.306 e. The lowest BCUT2D eigenvalue weighted by molar-refractivity contribution is -0.137. The highest BCUT2D eigenvalue weighted by Crippen LogP contribution is 2.33. The summed E-state index contributed by atoms with van der Waals surface area (Å²) >= 11 is 7.31. The van der Waals surface area contributed by atoms with Crippen molar-refractivity contribution in [1.29, 1.82) is 0 Å². The number of carbonyl (C=O) groups excluding carboxylic acids is 1. The highest BCUT2D eigenvalue weighted by atomic mass is 35.5. The minimum atomic E-state index is -0.941. The van der Waals surface area contributed by atoms with E-state index in [0.717, 1.165) is 5.56 Å². The van der Waals surface area contributed by atoms with Crippen molar-refractivity contribution in [3.8, 4) is 11.5 Å². The Balaban J connectivity index is 1.76. The van der Waals surface area contributed by atoms with Gasteiger partial charge in [-0.05, 0) is 47.7 Å². The first kappa shape index (κ1) is 20.8. The SMILES string of the molecule is COc1cc(/C=C2/SC(=Nc3ccccc3Cl)NC2=O)ccc1OCCC(=O)O. The molecule has 2 aromatic carbocycles. The van der Waals surface area contributed by atoms with Crippen LogP contribution in [-0.2, 0) is 9.59 Å². The van der Waals surface area contributed by atoms with Crippen LogP contribution in [0.1, 0.15) is 12.0 Å². The van der Waals surface area contributed by atoms with E-state index in [1.54, 1.807) is 42.5 Å². The zero-order chi connectivity index (χ0) is 20.8. The number of amidine groups is 1. The third-order valence-electron chi connectivity index (χ3n) is 3.78.